The number of rotatable bonds is 7. The van der Waals surface area contributed by atoms with Crippen LogP contribution in [0.2, 0.25) is 0 Å². The molecule has 0 unspecified atom stereocenters. The fourth-order valence-corrected chi connectivity index (χ4v) is 2.00. The number of aliphatic imine (C=N–C) groups is 1. The van der Waals surface area contributed by atoms with Gasteiger partial charge in [-0.05, 0) is 48.4 Å². The van der Waals surface area contributed by atoms with Crippen molar-refractivity contribution in [3.8, 4) is 5.75 Å². The number of nitrogens with zero attached hydrogens (tertiary/aromatic N) is 1. The lowest BCUT2D eigenvalue weighted by Gasteiger charge is -2.07. The maximum Gasteiger partial charge on any atom is 0.193 e. The van der Waals surface area contributed by atoms with Crippen LogP contribution in [0.4, 0.5) is 10.1 Å². The molecule has 0 radical (unpaired) electrons. The van der Waals surface area contributed by atoms with Crippen molar-refractivity contribution in [1.29, 1.82) is 0 Å². The van der Waals surface area contributed by atoms with Gasteiger partial charge in [-0.25, -0.2) is 4.39 Å². The number of ether oxygens (including phenoxy) is 1. The van der Waals surface area contributed by atoms with E-state index in [1.807, 2.05) is 12.1 Å². The molecular formula is C18H23FIN3O. The topological polar surface area (TPSA) is 59.6 Å². The summed E-state index contributed by atoms with van der Waals surface area (Å²) >= 11 is 0. The monoisotopic (exact) mass is 443 g/mol. The summed E-state index contributed by atoms with van der Waals surface area (Å²) in [5.41, 5.74) is 8.05. The largest absolute Gasteiger partial charge is 0.494 e. The Kier molecular flexibility index (Phi) is 9.14. The summed E-state index contributed by atoms with van der Waals surface area (Å²) in [7, 11) is 0. The molecule has 2 aromatic carbocycles. The van der Waals surface area contributed by atoms with Gasteiger partial charge in [-0.3, -0.25) is 4.99 Å². The van der Waals surface area contributed by atoms with Crippen molar-refractivity contribution >= 4 is 35.6 Å². The minimum absolute atomic E-state index is 0. The summed E-state index contributed by atoms with van der Waals surface area (Å²) in [4.78, 5) is 4.25. The SMILES string of the molecule is CCc1ccc(NC(N)=NCCCOc2ccc(F)cc2)cc1.I. The molecule has 3 N–H and O–H groups in total. The second-order valence-corrected chi connectivity index (χ2v) is 5.10. The van der Waals surface area contributed by atoms with Gasteiger partial charge in [0, 0.05) is 18.7 Å². The molecule has 0 aliphatic rings. The van der Waals surface area contributed by atoms with E-state index in [2.05, 4.69) is 29.4 Å². The molecule has 2 aromatic rings. The predicted octanol–water partition coefficient (Wildman–Crippen LogP) is 4.20. The third-order valence-corrected chi connectivity index (χ3v) is 3.30. The first kappa shape index (κ1) is 20.2. The second kappa shape index (κ2) is 10.9. The van der Waals surface area contributed by atoms with Crippen molar-refractivity contribution in [3.63, 3.8) is 0 Å². The van der Waals surface area contributed by atoms with Gasteiger partial charge in [-0.1, -0.05) is 19.1 Å². The molecule has 0 heterocycles. The van der Waals surface area contributed by atoms with Gasteiger partial charge in [-0.15, -0.1) is 24.0 Å². The third kappa shape index (κ3) is 7.16. The average molecular weight is 443 g/mol. The standard InChI is InChI=1S/C18H22FN3O.HI/c1-2-14-4-8-16(9-5-14)22-18(20)21-12-3-13-23-17-10-6-15(19)7-11-17;/h4-11H,2-3,12-13H2,1H3,(H3,20,21,22);1H. The molecule has 0 amide bonds. The molecule has 0 saturated carbocycles. The number of guanidine groups is 1. The van der Waals surface area contributed by atoms with E-state index in [1.54, 1.807) is 12.1 Å². The molecule has 0 bridgehead atoms. The normalized spacial score (nSPS) is 10.8. The Balaban J connectivity index is 0.00000288. The van der Waals surface area contributed by atoms with Crippen molar-refractivity contribution in [1.82, 2.24) is 0 Å². The van der Waals surface area contributed by atoms with Crippen LogP contribution in [0, 0.1) is 5.82 Å². The molecule has 130 valence electrons. The first-order valence-electron chi connectivity index (χ1n) is 7.71. The Hall–Kier alpha value is -1.83. The van der Waals surface area contributed by atoms with Gasteiger partial charge >= 0.3 is 0 Å². The molecule has 6 heteroatoms. The summed E-state index contributed by atoms with van der Waals surface area (Å²) in [6.07, 6.45) is 1.74. The van der Waals surface area contributed by atoms with Crippen LogP contribution in [-0.4, -0.2) is 19.1 Å². The van der Waals surface area contributed by atoms with Gasteiger partial charge in [0.2, 0.25) is 0 Å². The summed E-state index contributed by atoms with van der Waals surface area (Å²) in [6, 6.07) is 14.1. The Labute approximate surface area is 159 Å². The summed E-state index contributed by atoms with van der Waals surface area (Å²) < 4.78 is 18.2. The highest BCUT2D eigenvalue weighted by atomic mass is 127. The van der Waals surface area contributed by atoms with Crippen molar-refractivity contribution in [2.75, 3.05) is 18.5 Å². The van der Waals surface area contributed by atoms with E-state index in [9.17, 15) is 4.39 Å². The number of hydrogen-bond donors (Lipinski definition) is 2. The number of nitrogens with one attached hydrogen (secondary N) is 1. The lowest BCUT2D eigenvalue weighted by atomic mass is 10.1. The smallest absolute Gasteiger partial charge is 0.193 e. The fourth-order valence-electron chi connectivity index (χ4n) is 2.00. The van der Waals surface area contributed by atoms with Crippen LogP contribution >= 0.6 is 24.0 Å². The summed E-state index contributed by atoms with van der Waals surface area (Å²) in [5.74, 6) is 0.765. The first-order chi connectivity index (χ1) is 11.2. The zero-order valence-electron chi connectivity index (χ0n) is 13.7. The van der Waals surface area contributed by atoms with E-state index in [-0.39, 0.29) is 29.8 Å². The second-order valence-electron chi connectivity index (χ2n) is 5.10. The van der Waals surface area contributed by atoms with Crippen molar-refractivity contribution < 1.29 is 9.13 Å². The Morgan fingerprint density at radius 1 is 1.12 bits per heavy atom. The number of halogens is 2. The molecule has 0 spiro atoms. The van der Waals surface area contributed by atoms with Crippen LogP contribution in [0.15, 0.2) is 53.5 Å². The van der Waals surface area contributed by atoms with E-state index in [0.29, 0.717) is 24.9 Å². The minimum atomic E-state index is -0.271. The molecule has 0 atom stereocenters. The van der Waals surface area contributed by atoms with Crippen molar-refractivity contribution in [2.45, 2.75) is 19.8 Å². The molecular weight excluding hydrogens is 420 g/mol. The van der Waals surface area contributed by atoms with Crippen molar-refractivity contribution in [3.05, 3.63) is 59.9 Å². The van der Waals surface area contributed by atoms with E-state index in [0.717, 1.165) is 18.5 Å². The van der Waals surface area contributed by atoms with E-state index in [1.165, 1.54) is 17.7 Å². The molecule has 2 rings (SSSR count). The Morgan fingerprint density at radius 3 is 2.42 bits per heavy atom. The number of nitrogens with two attached hydrogens (primary N) is 1. The van der Waals surface area contributed by atoms with Gasteiger partial charge in [0.1, 0.15) is 11.6 Å². The van der Waals surface area contributed by atoms with Crippen LogP contribution < -0.4 is 15.8 Å². The average Bonchev–Trinajstić information content (AvgIpc) is 2.57. The molecule has 0 aromatic heterocycles. The maximum atomic E-state index is 12.7. The van der Waals surface area contributed by atoms with Gasteiger partial charge < -0.3 is 15.8 Å². The van der Waals surface area contributed by atoms with E-state index >= 15 is 0 Å². The van der Waals surface area contributed by atoms with E-state index < -0.39 is 0 Å². The number of benzene rings is 2. The molecule has 0 saturated heterocycles. The lowest BCUT2D eigenvalue weighted by Crippen LogP contribution is -2.23. The Morgan fingerprint density at radius 2 is 1.79 bits per heavy atom. The first-order valence-corrected chi connectivity index (χ1v) is 7.71. The van der Waals surface area contributed by atoms with Gasteiger partial charge in [-0.2, -0.15) is 0 Å². The van der Waals surface area contributed by atoms with Crippen LogP contribution in [0.25, 0.3) is 0 Å². The Bertz CT molecular complexity index is 630. The minimum Gasteiger partial charge on any atom is -0.494 e. The van der Waals surface area contributed by atoms with Gasteiger partial charge in [0.25, 0.3) is 0 Å². The summed E-state index contributed by atoms with van der Waals surface area (Å²) in [6.45, 7) is 3.19. The number of hydrogen-bond acceptors (Lipinski definition) is 2. The van der Waals surface area contributed by atoms with E-state index in [4.69, 9.17) is 10.5 Å². The maximum absolute atomic E-state index is 12.7. The molecule has 0 fully saturated rings. The van der Waals surface area contributed by atoms with Crippen LogP contribution in [0.3, 0.4) is 0 Å². The molecule has 24 heavy (non-hydrogen) atoms. The number of anilines is 1. The fraction of sp³-hybridized carbons (Fsp3) is 0.278. The quantitative estimate of drug-likeness (QED) is 0.292. The van der Waals surface area contributed by atoms with Crippen LogP contribution in [-0.2, 0) is 6.42 Å². The highest BCUT2D eigenvalue weighted by Crippen LogP contribution is 2.11. The zero-order valence-corrected chi connectivity index (χ0v) is 16.0. The highest BCUT2D eigenvalue weighted by Gasteiger charge is 1.97. The predicted molar refractivity (Wildman–Crippen MR) is 108 cm³/mol. The molecule has 0 aliphatic heterocycles. The zero-order chi connectivity index (χ0) is 16.5. The molecule has 0 aliphatic carbocycles. The number of aryl methyl sites for hydroxylation is 1. The van der Waals surface area contributed by atoms with Crippen molar-refractivity contribution in [2.24, 2.45) is 10.7 Å². The third-order valence-electron chi connectivity index (χ3n) is 3.30. The van der Waals surface area contributed by atoms with Crippen LogP contribution in [0.1, 0.15) is 18.9 Å². The van der Waals surface area contributed by atoms with Gasteiger partial charge in [0.05, 0.1) is 6.61 Å². The van der Waals surface area contributed by atoms with Gasteiger partial charge in [0.15, 0.2) is 5.96 Å². The molecule has 4 nitrogen and oxygen atoms in total. The summed E-state index contributed by atoms with van der Waals surface area (Å²) in [5, 5.41) is 3.05. The van der Waals surface area contributed by atoms with Crippen LogP contribution in [0.5, 0.6) is 5.75 Å². The lowest BCUT2D eigenvalue weighted by molar-refractivity contribution is 0.313. The highest BCUT2D eigenvalue weighted by molar-refractivity contribution is 14.0.